The third kappa shape index (κ3) is 41.6. The van der Waals surface area contributed by atoms with Crippen LogP contribution >= 0.6 is 0 Å². The minimum atomic E-state index is -2.48. The number of hydrogen-bond donors (Lipinski definition) is 5. The number of hydrogen-bond acceptors (Lipinski definition) is 13. The largest absolute Gasteiger partial charge is 1.00 e. The number of ketones is 5. The van der Waals surface area contributed by atoms with Crippen molar-refractivity contribution in [2.24, 2.45) is 29.6 Å². The molecule has 0 spiro atoms. The van der Waals surface area contributed by atoms with Crippen molar-refractivity contribution < 1.29 is 92.8 Å². The first-order valence-corrected chi connectivity index (χ1v) is 43.6. The third-order valence-corrected chi connectivity index (χ3v) is 22.3. The summed E-state index contributed by atoms with van der Waals surface area (Å²) in [6.07, 6.45) is 62.8. The number of carbonyl (C=O) groups excluding carboxylic acids is 8. The van der Waals surface area contributed by atoms with Gasteiger partial charge in [-0.05, 0) is 92.7 Å². The molecule has 7 atom stereocenters. The van der Waals surface area contributed by atoms with E-state index in [-0.39, 0.29) is 71.7 Å². The van der Waals surface area contributed by atoms with Crippen LogP contribution in [0.5, 0.6) is 0 Å². The molecule has 3 heterocycles. The monoisotopic (exact) mass is 1510 g/mol. The second kappa shape index (κ2) is 63.1. The maximum absolute atomic E-state index is 14.4. The van der Waals surface area contributed by atoms with E-state index in [1.54, 1.807) is 18.2 Å². The Hall–Kier alpha value is -4.48. The fourth-order valence-corrected chi connectivity index (χ4v) is 15.3. The molecule has 0 radical (unpaired) electrons. The van der Waals surface area contributed by atoms with Gasteiger partial charge in [-0.25, -0.2) is 0 Å². The van der Waals surface area contributed by atoms with Crippen LogP contribution in [0.15, 0.2) is 68.4 Å². The number of unbranched alkanes of at least 4 members (excludes halogenated alkanes) is 36. The molecule has 2 aliphatic rings. The van der Waals surface area contributed by atoms with Gasteiger partial charge in [0.15, 0.2) is 5.76 Å². The molecule has 2 fully saturated rings. The molecule has 16 nitrogen and oxygen atoms in total. The zero-order valence-corrected chi connectivity index (χ0v) is 70.8. The summed E-state index contributed by atoms with van der Waals surface area (Å²) in [6, 6.07) is 9.17. The van der Waals surface area contributed by atoms with E-state index in [1.165, 1.54) is 255 Å². The first kappa shape index (κ1) is 98.6. The summed E-state index contributed by atoms with van der Waals surface area (Å²) < 4.78 is 16.4. The second-order valence-corrected chi connectivity index (χ2v) is 31.5. The molecule has 0 aromatic carbocycles. The molecular weight excluding hydrogens is 1350 g/mol. The van der Waals surface area contributed by atoms with Gasteiger partial charge in [0.25, 0.3) is 23.5 Å². The van der Waals surface area contributed by atoms with Crippen molar-refractivity contribution in [3.8, 4) is 0 Å². The van der Waals surface area contributed by atoms with Crippen molar-refractivity contribution in [2.75, 3.05) is 19.6 Å². The number of nitrogens with one attached hydrogen (secondary N) is 3. The fourth-order valence-electron chi connectivity index (χ4n) is 15.3. The van der Waals surface area contributed by atoms with E-state index in [1.807, 2.05) is 0 Å². The van der Waals surface area contributed by atoms with Crippen molar-refractivity contribution in [3.63, 3.8) is 0 Å². The molecule has 0 saturated heterocycles. The average molecular weight is 1510 g/mol. The minimum absolute atomic E-state index is 0. The Bertz CT molecular complexity index is 2590. The molecule has 0 bridgehead atoms. The molecule has 3 aromatic rings. The molecule has 0 aliphatic heterocycles. The fraction of sp³-hybridized carbons (Fsp3) is 0.778. The Morgan fingerprint density at radius 1 is 0.374 bits per heavy atom. The second-order valence-electron chi connectivity index (χ2n) is 31.5. The van der Waals surface area contributed by atoms with Gasteiger partial charge in [0.05, 0.1) is 30.6 Å². The topological polar surface area (TPSA) is 253 Å². The Morgan fingerprint density at radius 3 is 0.860 bits per heavy atom. The minimum Gasteiger partial charge on any atom is -1.00 e. The van der Waals surface area contributed by atoms with Crippen LogP contribution in [-0.4, -0.2) is 76.5 Å². The van der Waals surface area contributed by atoms with Crippen LogP contribution in [0.2, 0.25) is 0 Å². The van der Waals surface area contributed by atoms with Crippen molar-refractivity contribution >= 4 is 46.6 Å². The first-order chi connectivity index (χ1) is 51.5. The van der Waals surface area contributed by atoms with Crippen molar-refractivity contribution in [1.29, 1.82) is 0 Å². The first-order valence-electron chi connectivity index (χ1n) is 43.6. The van der Waals surface area contributed by atoms with E-state index in [0.717, 1.165) is 89.9 Å². The summed E-state index contributed by atoms with van der Waals surface area (Å²) in [4.78, 5) is 103. The van der Waals surface area contributed by atoms with E-state index in [2.05, 4.69) is 57.5 Å². The molecule has 606 valence electrons. The quantitative estimate of drug-likeness (QED) is 0.0153. The summed E-state index contributed by atoms with van der Waals surface area (Å²) >= 11 is 0. The number of Topliss-reactive ketones (excluding diaryl/α,β-unsaturated/α-hetero) is 5. The summed E-state index contributed by atoms with van der Waals surface area (Å²) in [6.45, 7) is 14.7. The zero-order chi connectivity index (χ0) is 77.1. The average Bonchev–Trinajstić information content (AvgIpc) is 1.10. The summed E-state index contributed by atoms with van der Waals surface area (Å²) in [7, 11) is 0. The van der Waals surface area contributed by atoms with Gasteiger partial charge in [-0.1, -0.05) is 311 Å². The molecular formula is C90H152N3NaO13. The van der Waals surface area contributed by atoms with Gasteiger partial charge in [-0.3, -0.25) is 38.4 Å². The van der Waals surface area contributed by atoms with E-state index in [0.29, 0.717) is 51.2 Å². The summed E-state index contributed by atoms with van der Waals surface area (Å²) in [5.74, 6) is -5.68. The van der Waals surface area contributed by atoms with Crippen LogP contribution in [0.1, 0.15) is 412 Å². The smallest absolute Gasteiger partial charge is 1.00 e. The van der Waals surface area contributed by atoms with Gasteiger partial charge in [0, 0.05) is 58.2 Å². The molecule has 5 rings (SSSR count). The van der Waals surface area contributed by atoms with E-state index >= 15 is 0 Å². The van der Waals surface area contributed by atoms with Gasteiger partial charge in [-0.2, -0.15) is 0 Å². The maximum atomic E-state index is 14.4. The number of rotatable bonds is 62. The molecule has 17 heteroatoms. The Morgan fingerprint density at radius 2 is 0.617 bits per heavy atom. The van der Waals surface area contributed by atoms with Crippen LogP contribution in [0, 0.1) is 29.6 Å². The van der Waals surface area contributed by atoms with E-state index in [4.69, 9.17) is 13.3 Å². The van der Waals surface area contributed by atoms with Crippen LogP contribution in [-0.2, 0) is 44.8 Å². The standard InChI is InChI=1S/C58H98N2O8.C26H45NO3.C6H8O2.Na.H/c1-5-9-13-17-21-23-27-31-37-47(35-29-25-19-15-11-7-3)45-59-55(63)57(65,53-39-33-41-67-53)49-43-52(62)50(44-51(49)61)58(66,54-40-34-42-68-54)56(64)60-46-48(36-30-26-20-16-12-8-4)38-32-28-24-22-18-14-10-6-2;1-3-5-7-9-11-12-14-16-19-23(18-15-13-10-8-6-4-2)22-27-26(29)25(28)24-20-17-21-30-24;7-5-1-2-6(8)4-3-5;;/h33-34,39-42,47-50,65-66H,5-32,35-38,43-46H2,1-4H3,(H,59,63)(H,60,64);17,20-21,23H,3-16,18-19,22H2,1-2H3,(H,27,29);1-4H2;;/q;;;+1;-1. The van der Waals surface area contributed by atoms with Gasteiger partial charge in [0.2, 0.25) is 11.2 Å². The number of amides is 3. The van der Waals surface area contributed by atoms with E-state index < -0.39 is 71.0 Å². The molecule has 7 unspecified atom stereocenters. The Labute approximate surface area is 672 Å². The Balaban J connectivity index is 0.00000120. The predicted molar refractivity (Wildman–Crippen MR) is 429 cm³/mol. The zero-order valence-electron chi connectivity index (χ0n) is 69.8. The number of aliphatic hydroxyl groups is 2. The summed E-state index contributed by atoms with van der Waals surface area (Å²) in [5.41, 5.74) is -4.95. The normalized spacial score (nSPS) is 16.4. The number of carbonyl (C=O) groups is 8. The Kier molecular flexibility index (Phi) is 58.1. The summed E-state index contributed by atoms with van der Waals surface area (Å²) in [5, 5.41) is 33.8. The maximum Gasteiger partial charge on any atom is 1.00 e. The SMILES string of the molecule is CCCCCCCCCCC(CCCCCCCC)CNC(=O)C(=O)c1ccco1.CCCCCCCCCCC(CCCCCCCC)CNC(=O)C(O)(c1ccco1)C1CC(=O)C(C(O)(C(=O)NCC(CCCCCCCC)CCCCCCCCCC)c2ccco2)CC1=O.O=C1CCC(=O)CC1.[H-].[Na+]. The molecule has 3 amide bonds. The van der Waals surface area contributed by atoms with E-state index in [9.17, 15) is 48.6 Å². The van der Waals surface area contributed by atoms with Crippen molar-refractivity contribution in [2.45, 2.75) is 399 Å². The molecule has 2 aliphatic carbocycles. The van der Waals surface area contributed by atoms with Crippen molar-refractivity contribution in [1.82, 2.24) is 16.0 Å². The van der Waals surface area contributed by atoms with Crippen molar-refractivity contribution in [3.05, 3.63) is 72.5 Å². The van der Waals surface area contributed by atoms with Crippen LogP contribution in [0.25, 0.3) is 0 Å². The van der Waals surface area contributed by atoms with Crippen LogP contribution < -0.4 is 45.5 Å². The van der Waals surface area contributed by atoms with Gasteiger partial charge in [0.1, 0.15) is 34.7 Å². The predicted octanol–water partition coefficient (Wildman–Crippen LogP) is 19.4. The van der Waals surface area contributed by atoms with Crippen LogP contribution in [0.4, 0.5) is 0 Å². The number of furan rings is 3. The van der Waals surface area contributed by atoms with Gasteiger partial charge in [-0.15, -0.1) is 0 Å². The molecule has 3 aromatic heterocycles. The van der Waals surface area contributed by atoms with Gasteiger partial charge >= 0.3 is 29.6 Å². The van der Waals surface area contributed by atoms with Crippen LogP contribution in [0.3, 0.4) is 0 Å². The molecule has 107 heavy (non-hydrogen) atoms. The molecule has 2 saturated carbocycles. The van der Waals surface area contributed by atoms with Gasteiger partial charge < -0.3 is 40.8 Å². The molecule has 5 N–H and O–H groups in total. The third-order valence-electron chi connectivity index (χ3n) is 22.3.